The highest BCUT2D eigenvalue weighted by Crippen LogP contribution is 2.40. The second-order valence-corrected chi connectivity index (χ2v) is 11.0. The van der Waals surface area contributed by atoms with Crippen molar-refractivity contribution in [1.29, 1.82) is 0 Å². The minimum absolute atomic E-state index is 0.162. The number of amides is 1. The molecule has 5 aromatic rings. The van der Waals surface area contributed by atoms with Gasteiger partial charge in [0.2, 0.25) is 0 Å². The van der Waals surface area contributed by atoms with Crippen molar-refractivity contribution in [3.8, 4) is 5.82 Å². The maximum absolute atomic E-state index is 13.5. The molecule has 0 unspecified atom stereocenters. The molecule has 17 heteroatoms. The molecule has 1 saturated carbocycles. The summed E-state index contributed by atoms with van der Waals surface area (Å²) in [6.45, 7) is 3.03. The lowest BCUT2D eigenvalue weighted by Crippen LogP contribution is -2.51. The van der Waals surface area contributed by atoms with E-state index < -0.39 is 30.4 Å². The number of ether oxygens (including phenoxy) is 1. The number of halogens is 3. The first-order valence-electron chi connectivity index (χ1n) is 14.3. The number of nitrogens with zero attached hydrogens (tertiary/aromatic N) is 9. The van der Waals surface area contributed by atoms with Gasteiger partial charge >= 0.3 is 0 Å². The summed E-state index contributed by atoms with van der Waals surface area (Å²) in [5.74, 6) is 0.767. The molecule has 1 amide bonds. The number of aryl methyl sites for hydroxylation is 1. The van der Waals surface area contributed by atoms with Gasteiger partial charge in [0, 0.05) is 24.8 Å². The number of alkyl halides is 2. The zero-order valence-corrected chi connectivity index (χ0v) is 24.7. The molecule has 1 atom stereocenters. The molecular weight excluding hydrogens is 593 g/mol. The minimum Gasteiger partial charge on any atom is -0.368 e. The first kappa shape index (κ1) is 30.1. The molecule has 236 valence electrons. The number of anilines is 2. The number of rotatable bonds is 10. The van der Waals surface area contributed by atoms with Crippen molar-refractivity contribution in [3.05, 3.63) is 60.1 Å². The van der Waals surface area contributed by atoms with Gasteiger partial charge in [0.1, 0.15) is 23.8 Å². The van der Waals surface area contributed by atoms with Crippen molar-refractivity contribution in [2.24, 2.45) is 0 Å². The third-order valence-electron chi connectivity index (χ3n) is 7.98. The SMILES string of the molecule is COC1(C(=O)N[C@@H](C)c2cnc(-n3cc(F)cn3)cn2)CCC(c2nc(Nc3cc(C)[nH]n3)c3cnn(CC(F)F)c3n2)CC1. The van der Waals surface area contributed by atoms with Crippen molar-refractivity contribution < 1.29 is 22.7 Å². The van der Waals surface area contributed by atoms with Crippen LogP contribution >= 0.6 is 0 Å². The number of methoxy groups -OCH3 is 1. The van der Waals surface area contributed by atoms with E-state index in [0.717, 1.165) is 11.9 Å². The van der Waals surface area contributed by atoms with E-state index in [0.29, 0.717) is 60.0 Å². The monoisotopic (exact) mass is 624 g/mol. The van der Waals surface area contributed by atoms with Gasteiger partial charge in [-0.05, 0) is 39.5 Å². The normalized spacial score (nSPS) is 19.2. The van der Waals surface area contributed by atoms with Gasteiger partial charge in [-0.15, -0.1) is 0 Å². The van der Waals surface area contributed by atoms with E-state index in [-0.39, 0.29) is 17.5 Å². The minimum atomic E-state index is -2.61. The third kappa shape index (κ3) is 6.20. The predicted molar refractivity (Wildman–Crippen MR) is 155 cm³/mol. The van der Waals surface area contributed by atoms with Gasteiger partial charge in [-0.2, -0.15) is 15.3 Å². The van der Waals surface area contributed by atoms with E-state index >= 15 is 0 Å². The Labute approximate surface area is 254 Å². The summed E-state index contributed by atoms with van der Waals surface area (Å²) in [7, 11) is 1.50. The average molecular weight is 625 g/mol. The molecule has 1 aliphatic rings. The lowest BCUT2D eigenvalue weighted by Gasteiger charge is -2.38. The van der Waals surface area contributed by atoms with Crippen LogP contribution < -0.4 is 10.6 Å². The van der Waals surface area contributed by atoms with Gasteiger partial charge in [0.25, 0.3) is 12.3 Å². The first-order chi connectivity index (χ1) is 21.6. The maximum atomic E-state index is 13.5. The lowest BCUT2D eigenvalue weighted by atomic mass is 9.77. The molecule has 0 saturated heterocycles. The van der Waals surface area contributed by atoms with Crippen molar-refractivity contribution in [1.82, 2.24) is 55.0 Å². The highest BCUT2D eigenvalue weighted by Gasteiger charge is 2.43. The Morgan fingerprint density at radius 3 is 2.58 bits per heavy atom. The Bertz CT molecular complexity index is 1790. The Kier molecular flexibility index (Phi) is 8.18. The van der Waals surface area contributed by atoms with Crippen LogP contribution in [-0.4, -0.2) is 74.7 Å². The number of hydrogen-bond donors (Lipinski definition) is 3. The number of aromatic amines is 1. The standard InChI is InChI=1S/C28H31F3N12O2/c1-15-8-22(41-40-15)37-25-19-10-35-43(14-21(30)31)26(19)39-24(38-25)17-4-6-28(45-3,7-5-17)27(44)36-16(2)20-11-33-23(12-32-20)42-13-18(29)9-34-42/h8-13,16-17,21H,4-7,14H2,1-3H3,(H,36,44)(H2,37,38,39,40,41)/t16-,17?,28?/m0/s1. The number of carbonyl (C=O) groups excluding carboxylic acids is 1. The summed E-state index contributed by atoms with van der Waals surface area (Å²) >= 11 is 0. The summed E-state index contributed by atoms with van der Waals surface area (Å²) in [5.41, 5.74) is 0.533. The van der Waals surface area contributed by atoms with Crippen molar-refractivity contribution >= 4 is 28.6 Å². The molecule has 1 aliphatic carbocycles. The number of hydrogen-bond acceptors (Lipinski definition) is 10. The quantitative estimate of drug-likeness (QED) is 0.207. The van der Waals surface area contributed by atoms with E-state index in [1.165, 1.54) is 41.3 Å². The van der Waals surface area contributed by atoms with Crippen LogP contribution in [0, 0.1) is 12.7 Å². The zero-order chi connectivity index (χ0) is 31.7. The van der Waals surface area contributed by atoms with Crippen molar-refractivity contribution in [2.75, 3.05) is 12.4 Å². The second kappa shape index (κ2) is 12.2. The second-order valence-electron chi connectivity index (χ2n) is 11.0. The highest BCUT2D eigenvalue weighted by molar-refractivity contribution is 5.88. The van der Waals surface area contributed by atoms with Crippen LogP contribution in [0.3, 0.4) is 0 Å². The van der Waals surface area contributed by atoms with Crippen molar-refractivity contribution in [2.45, 2.75) is 70.1 Å². The lowest BCUT2D eigenvalue weighted by molar-refractivity contribution is -0.148. The van der Waals surface area contributed by atoms with Gasteiger partial charge in [-0.1, -0.05) is 0 Å². The fraction of sp³-hybridized carbons (Fsp3) is 0.429. The Hall–Kier alpha value is -4.93. The molecule has 1 fully saturated rings. The van der Waals surface area contributed by atoms with Crippen LogP contribution in [0.15, 0.2) is 37.1 Å². The zero-order valence-electron chi connectivity index (χ0n) is 24.7. The fourth-order valence-corrected chi connectivity index (χ4v) is 5.49. The van der Waals surface area contributed by atoms with Crippen LogP contribution in [0.5, 0.6) is 0 Å². The van der Waals surface area contributed by atoms with E-state index in [1.807, 2.05) is 6.92 Å². The summed E-state index contributed by atoms with van der Waals surface area (Å²) in [6.07, 6.45) is 5.83. The number of aromatic nitrogens is 10. The van der Waals surface area contributed by atoms with Crippen LogP contribution in [0.2, 0.25) is 0 Å². The highest BCUT2D eigenvalue weighted by atomic mass is 19.3. The molecule has 0 spiro atoms. The molecular formula is C28H31F3N12O2. The van der Waals surface area contributed by atoms with Gasteiger partial charge < -0.3 is 15.4 Å². The fourth-order valence-electron chi connectivity index (χ4n) is 5.49. The smallest absolute Gasteiger partial charge is 0.258 e. The first-order valence-corrected chi connectivity index (χ1v) is 14.3. The molecule has 5 heterocycles. The summed E-state index contributed by atoms with van der Waals surface area (Å²) < 4.78 is 48.2. The Morgan fingerprint density at radius 2 is 1.96 bits per heavy atom. The number of fused-ring (bicyclic) bond motifs is 1. The van der Waals surface area contributed by atoms with E-state index in [2.05, 4.69) is 46.0 Å². The molecule has 0 radical (unpaired) electrons. The topological polar surface area (TPSA) is 166 Å². The molecule has 0 aromatic carbocycles. The van der Waals surface area contributed by atoms with Crippen LogP contribution in [-0.2, 0) is 16.1 Å². The Morgan fingerprint density at radius 1 is 1.16 bits per heavy atom. The molecule has 45 heavy (non-hydrogen) atoms. The summed E-state index contributed by atoms with van der Waals surface area (Å²) in [6, 6.07) is 1.31. The summed E-state index contributed by atoms with van der Waals surface area (Å²) in [4.78, 5) is 31.6. The molecule has 5 aromatic heterocycles. The third-order valence-corrected chi connectivity index (χ3v) is 7.98. The molecule has 0 aliphatic heterocycles. The maximum Gasteiger partial charge on any atom is 0.258 e. The molecule has 14 nitrogen and oxygen atoms in total. The molecule has 6 rings (SSSR count). The number of H-pyrrole nitrogens is 1. The van der Waals surface area contributed by atoms with E-state index in [9.17, 15) is 18.0 Å². The summed E-state index contributed by atoms with van der Waals surface area (Å²) in [5, 5.41) is 21.7. The average Bonchev–Trinajstić information content (AvgIpc) is 3.77. The van der Waals surface area contributed by atoms with Crippen molar-refractivity contribution in [3.63, 3.8) is 0 Å². The van der Waals surface area contributed by atoms with Gasteiger partial charge in [0.05, 0.1) is 48.1 Å². The largest absolute Gasteiger partial charge is 0.368 e. The molecule has 0 bridgehead atoms. The van der Waals surface area contributed by atoms with Crippen LogP contribution in [0.4, 0.5) is 24.8 Å². The number of nitrogens with one attached hydrogen (secondary N) is 3. The predicted octanol–water partition coefficient (Wildman–Crippen LogP) is 3.90. The van der Waals surface area contributed by atoms with Gasteiger partial charge in [-0.25, -0.2) is 37.5 Å². The van der Waals surface area contributed by atoms with Gasteiger partial charge in [-0.3, -0.25) is 14.9 Å². The molecule has 3 N–H and O–H groups in total. The van der Waals surface area contributed by atoms with E-state index in [4.69, 9.17) is 9.72 Å². The number of carbonyl (C=O) groups is 1. The Balaban J connectivity index is 1.17. The van der Waals surface area contributed by atoms with Crippen LogP contribution in [0.25, 0.3) is 16.9 Å². The van der Waals surface area contributed by atoms with Gasteiger partial charge in [0.15, 0.2) is 23.1 Å². The van der Waals surface area contributed by atoms with Crippen LogP contribution in [0.1, 0.15) is 61.8 Å². The van der Waals surface area contributed by atoms with E-state index in [1.54, 1.807) is 13.0 Å².